The van der Waals surface area contributed by atoms with Crippen molar-refractivity contribution in [3.05, 3.63) is 11.3 Å². The first-order chi connectivity index (χ1) is 24.7. The van der Waals surface area contributed by atoms with E-state index in [1.165, 1.54) is 0 Å². The monoisotopic (exact) mass is 722 g/mol. The molecule has 0 aromatic carbocycles. The van der Waals surface area contributed by atoms with Gasteiger partial charge in [-0.3, -0.25) is 14.4 Å². The lowest BCUT2D eigenvalue weighted by molar-refractivity contribution is -0.254. The van der Waals surface area contributed by atoms with Crippen molar-refractivity contribution in [1.29, 1.82) is 0 Å². The van der Waals surface area contributed by atoms with Crippen LogP contribution in [0.15, 0.2) is 11.3 Å². The number of allylic oxidation sites excluding steroid dienone is 1. The van der Waals surface area contributed by atoms with Crippen LogP contribution in [-0.2, 0) is 42.8 Å². The Labute approximate surface area is 302 Å². The molecule has 52 heavy (non-hydrogen) atoms. The summed E-state index contributed by atoms with van der Waals surface area (Å²) in [6.45, 7) is 7.15. The number of ether oxygens (including phenoxy) is 6. The third kappa shape index (κ3) is 3.05. The van der Waals surface area contributed by atoms with Gasteiger partial charge in [0.15, 0.2) is 24.0 Å². The predicted octanol–water partition coefficient (Wildman–Crippen LogP) is 2.54. The summed E-state index contributed by atoms with van der Waals surface area (Å²) in [5, 5.41) is 34.8. The van der Waals surface area contributed by atoms with Crippen LogP contribution in [0.25, 0.3) is 0 Å². The van der Waals surface area contributed by atoms with E-state index >= 15 is 4.79 Å². The molecule has 12 nitrogen and oxygen atoms in total. The van der Waals surface area contributed by atoms with E-state index in [9.17, 15) is 24.9 Å². The van der Waals surface area contributed by atoms with Gasteiger partial charge in [-0.1, -0.05) is 20.8 Å². The summed E-state index contributed by atoms with van der Waals surface area (Å²) >= 11 is 0. The molecule has 5 saturated heterocycles. The van der Waals surface area contributed by atoms with E-state index in [2.05, 4.69) is 6.92 Å². The van der Waals surface area contributed by atoms with Gasteiger partial charge in [0.1, 0.15) is 28.8 Å². The van der Waals surface area contributed by atoms with Crippen molar-refractivity contribution >= 4 is 17.7 Å². The fourth-order valence-corrected chi connectivity index (χ4v) is 16.6. The third-order valence-corrected chi connectivity index (χ3v) is 18.4. The van der Waals surface area contributed by atoms with Crippen molar-refractivity contribution in [3.63, 3.8) is 0 Å². The Morgan fingerprint density at radius 1 is 0.731 bits per heavy atom. The molecule has 6 heterocycles. The highest BCUT2D eigenvalue weighted by atomic mass is 16.7. The van der Waals surface area contributed by atoms with Gasteiger partial charge >= 0.3 is 11.9 Å². The number of carbonyl (C=O) groups excluding carboxylic acids is 3. The standard InChI is InChI=1S/C40H50O12/c1-34(2)22(42)11-24-38(15-47-29(43)26(34)38)21-5-4-18-13-36(21,32(45)51-24)31(44)40(18)9-6-19-17-10-20(41)25-37(12-17,28(19)52-40)33(46)50-23-7-8-35(3)14-48-30-27(35)39(23,25)16-49-30/h17-18,20-27,29-30,41-43H,4-16H2,1-3H3. The van der Waals surface area contributed by atoms with E-state index < -0.39 is 93.4 Å². The molecule has 12 heteroatoms. The molecule has 5 spiro atoms. The number of rotatable bonds is 0. The van der Waals surface area contributed by atoms with E-state index in [1.54, 1.807) is 0 Å². The van der Waals surface area contributed by atoms with E-state index in [0.29, 0.717) is 63.9 Å². The Hall–Kier alpha value is -2.09. The summed E-state index contributed by atoms with van der Waals surface area (Å²) in [6, 6.07) is 0. The van der Waals surface area contributed by atoms with Crippen LogP contribution in [0.3, 0.4) is 0 Å². The number of aliphatic hydroxyl groups excluding tert-OH is 3. The molecule has 18 atom stereocenters. The number of aliphatic hydroxyl groups is 3. The maximum Gasteiger partial charge on any atom is 0.320 e. The molecule has 10 fully saturated rings. The van der Waals surface area contributed by atoms with E-state index in [-0.39, 0.29) is 54.4 Å². The first-order valence-corrected chi connectivity index (χ1v) is 20.0. The Balaban J connectivity index is 0.973. The highest BCUT2D eigenvalue weighted by Gasteiger charge is 2.85. The van der Waals surface area contributed by atoms with Crippen LogP contribution in [0.4, 0.5) is 0 Å². The van der Waals surface area contributed by atoms with Gasteiger partial charge in [0.2, 0.25) is 0 Å². The minimum atomic E-state index is -1.48. The van der Waals surface area contributed by atoms with E-state index in [1.807, 2.05) is 13.8 Å². The summed E-state index contributed by atoms with van der Waals surface area (Å²) in [7, 11) is 0. The second kappa shape index (κ2) is 9.29. The number of hydrogen-bond donors (Lipinski definition) is 3. The molecule has 6 aliphatic heterocycles. The largest absolute Gasteiger partial charge is 0.482 e. The molecular weight excluding hydrogens is 672 g/mol. The molecule has 282 valence electrons. The maximum atomic E-state index is 15.6. The molecule has 3 N–H and O–H groups in total. The Morgan fingerprint density at radius 3 is 2.31 bits per heavy atom. The Bertz CT molecular complexity index is 1770. The zero-order valence-electron chi connectivity index (χ0n) is 30.1. The molecule has 0 aromatic heterocycles. The van der Waals surface area contributed by atoms with Crippen LogP contribution in [0.5, 0.6) is 0 Å². The fourth-order valence-electron chi connectivity index (χ4n) is 16.6. The summed E-state index contributed by atoms with van der Waals surface area (Å²) in [6.07, 6.45) is 0.919. The van der Waals surface area contributed by atoms with Gasteiger partial charge in [-0.15, -0.1) is 0 Å². The Morgan fingerprint density at radius 2 is 1.48 bits per heavy atom. The van der Waals surface area contributed by atoms with Crippen molar-refractivity contribution in [1.82, 2.24) is 0 Å². The fraction of sp³-hybridized carbons (Fsp3) is 0.875. The SMILES string of the molecule is CC12CCC3OC(=O)C45CC(CC(O)C4C34COC(OC1)C24)C1=C5OC2(CC1)C(=O)C13CC2CCC1C12COC(O)C1C(C)(C)C(O)CC2OC3=O. The molecule has 12 rings (SSSR count). The summed E-state index contributed by atoms with van der Waals surface area (Å²) in [4.78, 5) is 44.9. The lowest BCUT2D eigenvalue weighted by Crippen LogP contribution is -2.71. The molecule has 4 bridgehead atoms. The van der Waals surface area contributed by atoms with E-state index in [4.69, 9.17) is 28.4 Å². The molecule has 18 unspecified atom stereocenters. The van der Waals surface area contributed by atoms with Crippen LogP contribution < -0.4 is 0 Å². The smallest absolute Gasteiger partial charge is 0.320 e. The number of carbonyl (C=O) groups is 3. The van der Waals surface area contributed by atoms with Crippen molar-refractivity contribution in [2.24, 2.45) is 68.0 Å². The van der Waals surface area contributed by atoms with Crippen LogP contribution in [-0.4, -0.2) is 95.5 Å². The third-order valence-electron chi connectivity index (χ3n) is 18.4. The van der Waals surface area contributed by atoms with E-state index in [0.717, 1.165) is 12.0 Å². The highest BCUT2D eigenvalue weighted by Crippen LogP contribution is 2.77. The first-order valence-electron chi connectivity index (χ1n) is 20.0. The molecular formula is C40H50O12. The molecule has 0 amide bonds. The average molecular weight is 723 g/mol. The van der Waals surface area contributed by atoms with Crippen molar-refractivity contribution in [2.45, 2.75) is 128 Å². The molecule has 0 aromatic rings. The van der Waals surface area contributed by atoms with Gasteiger partial charge in [-0.05, 0) is 86.0 Å². The summed E-state index contributed by atoms with van der Waals surface area (Å²) < 4.78 is 38.8. The number of esters is 2. The van der Waals surface area contributed by atoms with Crippen LogP contribution in [0.2, 0.25) is 0 Å². The summed E-state index contributed by atoms with van der Waals surface area (Å²) in [5.74, 6) is -2.56. The molecule has 6 aliphatic carbocycles. The normalized spacial score (nSPS) is 61.2. The van der Waals surface area contributed by atoms with Crippen LogP contribution in [0, 0.1) is 68.0 Å². The number of Topliss-reactive ketones (excluding diaryl/α,β-unsaturated/α-hetero) is 1. The van der Waals surface area contributed by atoms with Crippen LogP contribution in [0.1, 0.15) is 85.0 Å². The van der Waals surface area contributed by atoms with Gasteiger partial charge < -0.3 is 43.7 Å². The second-order valence-corrected chi connectivity index (χ2v) is 20.3. The number of fused-ring (bicyclic) bond motifs is 4. The molecule has 5 saturated carbocycles. The topological polar surface area (TPSA) is 167 Å². The van der Waals surface area contributed by atoms with Gasteiger partial charge in [-0.2, -0.15) is 0 Å². The van der Waals surface area contributed by atoms with Gasteiger partial charge in [0.25, 0.3) is 0 Å². The van der Waals surface area contributed by atoms with Gasteiger partial charge in [0, 0.05) is 40.9 Å². The van der Waals surface area contributed by atoms with Crippen molar-refractivity contribution in [3.8, 4) is 0 Å². The van der Waals surface area contributed by atoms with Gasteiger partial charge in [0.05, 0.1) is 32.0 Å². The lowest BCUT2D eigenvalue weighted by atomic mass is 9.43. The predicted molar refractivity (Wildman–Crippen MR) is 174 cm³/mol. The zero-order chi connectivity index (χ0) is 35.7. The van der Waals surface area contributed by atoms with Crippen molar-refractivity contribution in [2.75, 3.05) is 19.8 Å². The lowest BCUT2D eigenvalue weighted by Gasteiger charge is -2.62. The van der Waals surface area contributed by atoms with Crippen LogP contribution >= 0.6 is 0 Å². The summed E-state index contributed by atoms with van der Waals surface area (Å²) in [5.41, 5.74) is -5.47. The quantitative estimate of drug-likeness (QED) is 0.248. The molecule has 12 aliphatic rings. The number of hydrogen-bond acceptors (Lipinski definition) is 12. The second-order valence-electron chi connectivity index (χ2n) is 20.3. The highest BCUT2D eigenvalue weighted by molar-refractivity contribution is 6.11. The number of ketones is 1. The van der Waals surface area contributed by atoms with Gasteiger partial charge in [-0.25, -0.2) is 0 Å². The molecule has 0 radical (unpaired) electrons. The maximum absolute atomic E-state index is 15.6. The average Bonchev–Trinajstić information content (AvgIpc) is 3.87. The van der Waals surface area contributed by atoms with Crippen molar-refractivity contribution < 1.29 is 58.1 Å². The zero-order valence-corrected chi connectivity index (χ0v) is 30.1. The first kappa shape index (κ1) is 32.2. The Kier molecular flexibility index (Phi) is 5.75. The minimum absolute atomic E-state index is 0.0477. The minimum Gasteiger partial charge on any atom is -0.482 e.